The van der Waals surface area contributed by atoms with Gasteiger partial charge in [-0.15, -0.1) is 11.8 Å². The molecule has 41 heavy (non-hydrogen) atoms. The number of allylic oxidation sites excluding steroid dienone is 2. The molecule has 0 aromatic carbocycles. The van der Waals surface area contributed by atoms with Crippen LogP contribution in [0.15, 0.2) is 23.3 Å². The van der Waals surface area contributed by atoms with Crippen molar-refractivity contribution in [1.29, 1.82) is 0 Å². The third kappa shape index (κ3) is 2.91. The number of hydrogen-bond acceptors (Lipinski definition) is 3. The Morgan fingerprint density at radius 2 is 1.95 bits per heavy atom. The molecule has 4 bridgehead atoms. The average Bonchev–Trinajstić information content (AvgIpc) is 3.16. The van der Waals surface area contributed by atoms with Crippen molar-refractivity contribution in [3.8, 4) is 11.8 Å². The Hall–Kier alpha value is -1.08. The highest BCUT2D eigenvalue weighted by Gasteiger charge is 2.84. The summed E-state index contributed by atoms with van der Waals surface area (Å²) in [5.41, 5.74) is 5.30. The zero-order chi connectivity index (χ0) is 28.3. The van der Waals surface area contributed by atoms with E-state index in [9.17, 15) is 5.11 Å². The first kappa shape index (κ1) is 27.5. The summed E-state index contributed by atoms with van der Waals surface area (Å²) in [5.74, 6) is 10.1. The van der Waals surface area contributed by atoms with E-state index in [1.807, 2.05) is 5.57 Å². The third-order valence-electron chi connectivity index (χ3n) is 16.0. The fraction of sp³-hybridized carbons (Fsp3) is 0.842. The van der Waals surface area contributed by atoms with Gasteiger partial charge in [0.1, 0.15) is 0 Å². The average molecular weight is 558 g/mol. The van der Waals surface area contributed by atoms with Crippen molar-refractivity contribution in [2.24, 2.45) is 44.8 Å². The molecular formula is C38H55NO2. The zero-order valence-corrected chi connectivity index (χ0v) is 26.5. The SMILES string of the molecule is CCOCCC1CCCC12CC(C)C13CCC(C)=C1CC21C2C=CC4(CC#CCC31C)C(CCCO)CCC41CN21. The molecule has 8 rings (SSSR count). The van der Waals surface area contributed by atoms with Crippen molar-refractivity contribution in [2.75, 3.05) is 26.4 Å². The number of ether oxygens (including phenoxy) is 1. The van der Waals surface area contributed by atoms with Crippen molar-refractivity contribution in [3.63, 3.8) is 0 Å². The molecule has 0 aromatic rings. The van der Waals surface area contributed by atoms with Gasteiger partial charge in [-0.1, -0.05) is 43.6 Å². The second-order valence-corrected chi connectivity index (χ2v) is 16.4. The molecule has 224 valence electrons. The van der Waals surface area contributed by atoms with Gasteiger partial charge < -0.3 is 9.84 Å². The number of aliphatic hydroxyl groups excluding tert-OH is 1. The summed E-state index contributed by atoms with van der Waals surface area (Å²) in [6.07, 6.45) is 23.3. The highest BCUT2D eigenvalue weighted by molar-refractivity contribution is 5.49. The molecule has 0 amide bonds. The standard InChI is InChI=1S/C38H55NO2/c1-5-41-23-15-30-10-8-18-35(30)24-28(3)37-21-12-27(2)31(37)25-38(35)32-14-19-34(17-7-6-16-33(37,38)4)29(11-9-22-40)13-20-36(34)26-39(32)36/h14,19,28-30,32,40H,5,8-13,15-18,20-26H2,1-4H3. The lowest BCUT2D eigenvalue weighted by Crippen LogP contribution is -2.68. The number of aliphatic hydroxyl groups is 1. The van der Waals surface area contributed by atoms with Gasteiger partial charge in [-0.2, -0.15) is 0 Å². The molecule has 11 atom stereocenters. The van der Waals surface area contributed by atoms with Gasteiger partial charge in [-0.3, -0.25) is 4.90 Å². The molecule has 2 aliphatic heterocycles. The fourth-order valence-corrected chi connectivity index (χ4v) is 14.6. The van der Waals surface area contributed by atoms with E-state index in [1.165, 1.54) is 70.8 Å². The number of fused-ring (bicyclic) bond motifs is 2. The molecule has 3 heteroatoms. The van der Waals surface area contributed by atoms with E-state index < -0.39 is 0 Å². The smallest absolute Gasteiger partial charge is 0.0468 e. The van der Waals surface area contributed by atoms with Gasteiger partial charge in [0.25, 0.3) is 0 Å². The molecule has 11 unspecified atom stereocenters. The van der Waals surface area contributed by atoms with Crippen LogP contribution in [0.3, 0.4) is 0 Å². The van der Waals surface area contributed by atoms with E-state index in [2.05, 4.69) is 56.6 Å². The first-order valence-corrected chi connectivity index (χ1v) is 17.6. The maximum atomic E-state index is 9.75. The Morgan fingerprint density at radius 1 is 1.10 bits per heavy atom. The molecule has 3 nitrogen and oxygen atoms in total. The first-order valence-electron chi connectivity index (χ1n) is 17.6. The van der Waals surface area contributed by atoms with E-state index in [1.54, 1.807) is 5.57 Å². The Kier molecular flexibility index (Phi) is 6.02. The van der Waals surface area contributed by atoms with Gasteiger partial charge in [0.15, 0.2) is 0 Å². The molecule has 1 saturated heterocycles. The minimum absolute atomic E-state index is 0.191. The second kappa shape index (κ2) is 8.99. The van der Waals surface area contributed by atoms with Crippen LogP contribution in [-0.2, 0) is 4.74 Å². The molecule has 0 aromatic heterocycles. The quantitative estimate of drug-likeness (QED) is 0.151. The Bertz CT molecular complexity index is 1240. The molecule has 0 radical (unpaired) electrons. The summed E-state index contributed by atoms with van der Waals surface area (Å²) in [6, 6.07) is 0.542. The molecule has 4 saturated carbocycles. The van der Waals surface area contributed by atoms with E-state index in [0.29, 0.717) is 34.9 Å². The van der Waals surface area contributed by atoms with Gasteiger partial charge in [-0.25, -0.2) is 0 Å². The summed E-state index contributed by atoms with van der Waals surface area (Å²) in [5, 5.41) is 9.75. The van der Waals surface area contributed by atoms with Crippen LogP contribution in [0, 0.1) is 56.7 Å². The van der Waals surface area contributed by atoms with Crippen LogP contribution < -0.4 is 0 Å². The van der Waals surface area contributed by atoms with Crippen molar-refractivity contribution in [3.05, 3.63) is 23.3 Å². The highest BCUT2D eigenvalue weighted by Crippen LogP contribution is 2.88. The largest absolute Gasteiger partial charge is 0.396 e. The van der Waals surface area contributed by atoms with E-state index in [0.717, 1.165) is 50.7 Å². The summed E-state index contributed by atoms with van der Waals surface area (Å²) < 4.78 is 6.08. The van der Waals surface area contributed by atoms with Crippen molar-refractivity contribution >= 4 is 0 Å². The number of hydrogen-bond donors (Lipinski definition) is 1. The lowest BCUT2D eigenvalue weighted by Gasteiger charge is -2.70. The molecule has 1 N–H and O–H groups in total. The van der Waals surface area contributed by atoms with Crippen molar-refractivity contribution < 1.29 is 9.84 Å². The van der Waals surface area contributed by atoms with Gasteiger partial charge in [0.05, 0.1) is 0 Å². The number of rotatable bonds is 7. The Balaban J connectivity index is 1.34. The maximum absolute atomic E-state index is 9.75. The first-order chi connectivity index (χ1) is 19.8. The molecule has 2 heterocycles. The molecule has 4 spiro atoms. The Labute approximate surface area is 249 Å². The van der Waals surface area contributed by atoms with Crippen LogP contribution >= 0.6 is 0 Å². The van der Waals surface area contributed by atoms with E-state index in [4.69, 9.17) is 4.74 Å². The third-order valence-corrected chi connectivity index (χ3v) is 16.0. The van der Waals surface area contributed by atoms with E-state index in [-0.39, 0.29) is 16.2 Å². The molecule has 6 aliphatic carbocycles. The predicted octanol–water partition coefficient (Wildman–Crippen LogP) is 7.69. The minimum atomic E-state index is 0.191. The van der Waals surface area contributed by atoms with Gasteiger partial charge >= 0.3 is 0 Å². The van der Waals surface area contributed by atoms with Gasteiger partial charge in [-0.05, 0) is 113 Å². The van der Waals surface area contributed by atoms with Crippen molar-refractivity contribution in [2.45, 2.75) is 129 Å². The van der Waals surface area contributed by atoms with Crippen molar-refractivity contribution in [1.82, 2.24) is 4.90 Å². The molecular weight excluding hydrogens is 502 g/mol. The summed E-state index contributed by atoms with van der Waals surface area (Å²) in [6.45, 7) is 13.5. The van der Waals surface area contributed by atoms with Crippen LogP contribution in [0.1, 0.15) is 118 Å². The second-order valence-electron chi connectivity index (χ2n) is 16.4. The highest BCUT2D eigenvalue weighted by atomic mass is 16.5. The normalized spacial score (nSPS) is 53.6. The Morgan fingerprint density at radius 3 is 2.78 bits per heavy atom. The summed E-state index contributed by atoms with van der Waals surface area (Å²) in [7, 11) is 0. The van der Waals surface area contributed by atoms with Gasteiger partial charge in [0, 0.05) is 67.0 Å². The van der Waals surface area contributed by atoms with Crippen LogP contribution in [0.2, 0.25) is 0 Å². The van der Waals surface area contributed by atoms with Gasteiger partial charge in [0.2, 0.25) is 0 Å². The summed E-state index contributed by atoms with van der Waals surface area (Å²) in [4.78, 5) is 3.09. The van der Waals surface area contributed by atoms with E-state index >= 15 is 0 Å². The van der Waals surface area contributed by atoms with Crippen LogP contribution in [0.25, 0.3) is 0 Å². The fourth-order valence-electron chi connectivity index (χ4n) is 14.6. The monoisotopic (exact) mass is 557 g/mol. The predicted molar refractivity (Wildman–Crippen MR) is 165 cm³/mol. The van der Waals surface area contributed by atoms with Crippen LogP contribution in [0.4, 0.5) is 0 Å². The number of nitrogens with zero attached hydrogens (tertiary/aromatic N) is 1. The topological polar surface area (TPSA) is 32.5 Å². The van der Waals surface area contributed by atoms with Crippen LogP contribution in [-0.4, -0.2) is 48.0 Å². The summed E-state index contributed by atoms with van der Waals surface area (Å²) >= 11 is 0. The molecule has 8 aliphatic rings. The van der Waals surface area contributed by atoms with Crippen LogP contribution in [0.5, 0.6) is 0 Å². The lowest BCUT2D eigenvalue weighted by molar-refractivity contribution is -0.210. The minimum Gasteiger partial charge on any atom is -0.396 e. The lowest BCUT2D eigenvalue weighted by atomic mass is 9.35. The maximum Gasteiger partial charge on any atom is 0.0468 e. The molecule has 5 fully saturated rings. The zero-order valence-electron chi connectivity index (χ0n) is 26.5.